The number of primary sulfonamides is 1. The van der Waals surface area contributed by atoms with Crippen molar-refractivity contribution in [1.29, 1.82) is 0 Å². The van der Waals surface area contributed by atoms with Crippen molar-refractivity contribution in [2.24, 2.45) is 5.14 Å². The predicted octanol–water partition coefficient (Wildman–Crippen LogP) is -0.466. The Balaban J connectivity index is 2.54. The second-order valence-corrected chi connectivity index (χ2v) is 7.29. The molecule has 0 radical (unpaired) electrons. The quantitative estimate of drug-likeness (QED) is 0.740. The highest BCUT2D eigenvalue weighted by Gasteiger charge is 2.14. The lowest BCUT2D eigenvalue weighted by molar-refractivity contribution is 0.578. The highest BCUT2D eigenvalue weighted by Crippen LogP contribution is 2.02. The van der Waals surface area contributed by atoms with Gasteiger partial charge < -0.3 is 0 Å². The number of benzene rings is 1. The summed E-state index contributed by atoms with van der Waals surface area (Å²) in [7, 11) is -7.54. The van der Waals surface area contributed by atoms with Gasteiger partial charge in [-0.25, -0.2) is 31.1 Å². The van der Waals surface area contributed by atoms with Gasteiger partial charge in [0, 0.05) is 6.54 Å². The first kappa shape index (κ1) is 15.0. The Hall–Kier alpha value is -1.03. The number of halogens is 1. The summed E-state index contributed by atoms with van der Waals surface area (Å²) in [5.74, 6) is -1.67. The van der Waals surface area contributed by atoms with Gasteiger partial charge in [0.05, 0.1) is 11.5 Å². The van der Waals surface area contributed by atoms with Crippen LogP contribution in [0.15, 0.2) is 24.3 Å². The van der Waals surface area contributed by atoms with Gasteiger partial charge in [-0.15, -0.1) is 0 Å². The maximum absolute atomic E-state index is 12.6. The zero-order chi connectivity index (χ0) is 13.8. The molecule has 3 N–H and O–H groups in total. The summed E-state index contributed by atoms with van der Waals surface area (Å²) in [6, 6.07) is 5.26. The average molecular weight is 296 g/mol. The van der Waals surface area contributed by atoms with E-state index < -0.39 is 37.4 Å². The van der Waals surface area contributed by atoms with Crippen LogP contribution in [0.5, 0.6) is 0 Å². The van der Waals surface area contributed by atoms with Crippen LogP contribution in [0.3, 0.4) is 0 Å². The monoisotopic (exact) mass is 296 g/mol. The summed E-state index contributed by atoms with van der Waals surface area (Å²) in [6.45, 7) is -0.0345. The highest BCUT2D eigenvalue weighted by molar-refractivity contribution is 7.93. The Labute approximate surface area is 105 Å². The molecular formula is C9H13FN2O4S2. The fraction of sp³-hybridized carbons (Fsp3) is 0.333. The normalized spacial score (nSPS) is 12.6. The van der Waals surface area contributed by atoms with Crippen molar-refractivity contribution in [3.05, 3.63) is 35.6 Å². The van der Waals surface area contributed by atoms with E-state index in [1.165, 1.54) is 24.3 Å². The molecule has 6 nitrogen and oxygen atoms in total. The van der Waals surface area contributed by atoms with Crippen molar-refractivity contribution < 1.29 is 21.2 Å². The van der Waals surface area contributed by atoms with Crippen molar-refractivity contribution in [3.63, 3.8) is 0 Å². The minimum absolute atomic E-state index is 0.0345. The summed E-state index contributed by atoms with van der Waals surface area (Å²) in [6.07, 6.45) is 0. The van der Waals surface area contributed by atoms with Gasteiger partial charge in [-0.05, 0) is 17.7 Å². The Morgan fingerprint density at radius 2 is 1.61 bits per heavy atom. The number of rotatable bonds is 6. The molecular weight excluding hydrogens is 283 g/mol. The molecule has 0 aromatic heterocycles. The maximum atomic E-state index is 12.6. The van der Waals surface area contributed by atoms with Crippen molar-refractivity contribution in [2.75, 3.05) is 11.5 Å². The second-order valence-electron chi connectivity index (χ2n) is 3.63. The van der Waals surface area contributed by atoms with Crippen LogP contribution < -0.4 is 9.86 Å². The largest absolute Gasteiger partial charge is 0.229 e. The maximum Gasteiger partial charge on any atom is 0.212 e. The van der Waals surface area contributed by atoms with Gasteiger partial charge in [-0.2, -0.15) is 0 Å². The van der Waals surface area contributed by atoms with Gasteiger partial charge in [0.2, 0.25) is 20.0 Å². The molecule has 0 aliphatic rings. The lowest BCUT2D eigenvalue weighted by Gasteiger charge is -2.06. The fourth-order valence-corrected chi connectivity index (χ4v) is 3.43. The molecule has 0 saturated carbocycles. The van der Waals surface area contributed by atoms with E-state index in [2.05, 4.69) is 4.72 Å². The molecule has 1 aromatic carbocycles. The van der Waals surface area contributed by atoms with Crippen molar-refractivity contribution in [3.8, 4) is 0 Å². The number of hydrogen-bond acceptors (Lipinski definition) is 4. The van der Waals surface area contributed by atoms with Crippen LogP contribution >= 0.6 is 0 Å². The Bertz CT molecular complexity index is 596. The van der Waals surface area contributed by atoms with E-state index in [0.29, 0.717) is 5.56 Å². The first-order chi connectivity index (χ1) is 8.18. The standard InChI is InChI=1S/C9H13FN2O4S2/c10-9-3-1-8(2-4-9)7-12-18(15,16)6-5-17(11,13)14/h1-4,12H,5-7H2,(H2,11,13,14). The van der Waals surface area contributed by atoms with E-state index in [1.54, 1.807) is 0 Å². The molecule has 0 aliphatic heterocycles. The molecule has 1 rings (SSSR count). The summed E-state index contributed by atoms with van der Waals surface area (Å²) >= 11 is 0. The average Bonchev–Trinajstić information content (AvgIpc) is 2.25. The van der Waals surface area contributed by atoms with E-state index in [0.717, 1.165) is 0 Å². The first-order valence-electron chi connectivity index (χ1n) is 4.90. The molecule has 0 bridgehead atoms. The van der Waals surface area contributed by atoms with Gasteiger partial charge in [-0.3, -0.25) is 0 Å². The Morgan fingerprint density at radius 1 is 1.06 bits per heavy atom. The first-order valence-corrected chi connectivity index (χ1v) is 8.27. The number of hydrogen-bond donors (Lipinski definition) is 2. The molecule has 0 unspecified atom stereocenters. The lowest BCUT2D eigenvalue weighted by Crippen LogP contribution is -2.31. The molecule has 0 atom stereocenters. The third kappa shape index (κ3) is 6.05. The molecule has 0 fully saturated rings. The van der Waals surface area contributed by atoms with Crippen LogP contribution in [-0.2, 0) is 26.6 Å². The Kier molecular flexibility index (Phi) is 4.79. The summed E-state index contributed by atoms with van der Waals surface area (Å²) in [5, 5.41) is 4.70. The van der Waals surface area contributed by atoms with E-state index in [4.69, 9.17) is 5.14 Å². The fourth-order valence-electron chi connectivity index (χ4n) is 1.09. The van der Waals surface area contributed by atoms with E-state index in [-0.39, 0.29) is 6.54 Å². The summed E-state index contributed by atoms with van der Waals surface area (Å²) < 4.78 is 58.9. The molecule has 102 valence electrons. The third-order valence-electron chi connectivity index (χ3n) is 2.05. The van der Waals surface area contributed by atoms with Crippen LogP contribution in [0.1, 0.15) is 5.56 Å². The molecule has 0 amide bonds. The van der Waals surface area contributed by atoms with Crippen molar-refractivity contribution in [2.45, 2.75) is 6.54 Å². The van der Waals surface area contributed by atoms with Crippen LogP contribution in [-0.4, -0.2) is 28.3 Å². The van der Waals surface area contributed by atoms with Crippen LogP contribution in [0.2, 0.25) is 0 Å². The van der Waals surface area contributed by atoms with Crippen LogP contribution in [0.25, 0.3) is 0 Å². The lowest BCUT2D eigenvalue weighted by atomic mass is 10.2. The van der Waals surface area contributed by atoms with Gasteiger partial charge in [0.1, 0.15) is 5.82 Å². The van der Waals surface area contributed by atoms with E-state index in [9.17, 15) is 21.2 Å². The second kappa shape index (κ2) is 5.74. The molecule has 0 spiro atoms. The van der Waals surface area contributed by atoms with Gasteiger partial charge in [0.25, 0.3) is 0 Å². The van der Waals surface area contributed by atoms with Gasteiger partial charge in [-0.1, -0.05) is 12.1 Å². The SMILES string of the molecule is NS(=O)(=O)CCS(=O)(=O)NCc1ccc(F)cc1. The van der Waals surface area contributed by atoms with Crippen molar-refractivity contribution in [1.82, 2.24) is 4.72 Å². The topological polar surface area (TPSA) is 106 Å². The minimum atomic E-state index is -3.81. The summed E-state index contributed by atoms with van der Waals surface area (Å²) in [4.78, 5) is 0. The molecule has 0 aliphatic carbocycles. The molecule has 18 heavy (non-hydrogen) atoms. The smallest absolute Gasteiger partial charge is 0.212 e. The highest BCUT2D eigenvalue weighted by atomic mass is 32.2. The van der Waals surface area contributed by atoms with Gasteiger partial charge in [0.15, 0.2) is 0 Å². The summed E-state index contributed by atoms with van der Waals surface area (Å²) in [5.41, 5.74) is 0.565. The van der Waals surface area contributed by atoms with Gasteiger partial charge >= 0.3 is 0 Å². The van der Waals surface area contributed by atoms with E-state index in [1.807, 2.05) is 0 Å². The molecule has 0 saturated heterocycles. The number of sulfonamides is 2. The zero-order valence-electron chi connectivity index (χ0n) is 9.34. The van der Waals surface area contributed by atoms with E-state index >= 15 is 0 Å². The molecule has 9 heteroatoms. The molecule has 1 aromatic rings. The minimum Gasteiger partial charge on any atom is -0.229 e. The van der Waals surface area contributed by atoms with Crippen LogP contribution in [0, 0.1) is 5.82 Å². The number of nitrogens with two attached hydrogens (primary N) is 1. The zero-order valence-corrected chi connectivity index (χ0v) is 11.0. The predicted molar refractivity (Wildman–Crippen MR) is 65.0 cm³/mol. The van der Waals surface area contributed by atoms with Crippen molar-refractivity contribution >= 4 is 20.0 Å². The van der Waals surface area contributed by atoms with Crippen LogP contribution in [0.4, 0.5) is 4.39 Å². The number of nitrogens with one attached hydrogen (secondary N) is 1. The Morgan fingerprint density at radius 3 is 2.11 bits per heavy atom. The third-order valence-corrected chi connectivity index (χ3v) is 4.40. The molecule has 0 heterocycles.